The Morgan fingerprint density at radius 3 is 2.05 bits per heavy atom. The molecule has 1 atom stereocenters. The number of piperazine rings is 1. The number of carbonyl (C=O) groups is 2. The van der Waals surface area contributed by atoms with Crippen molar-refractivity contribution in [2.45, 2.75) is 44.0 Å². The van der Waals surface area contributed by atoms with Crippen LogP contribution in [-0.4, -0.2) is 64.2 Å². The zero-order valence-corrected chi connectivity index (χ0v) is 15.2. The van der Waals surface area contributed by atoms with Gasteiger partial charge in [0.1, 0.15) is 4.33 Å². The zero-order chi connectivity index (χ0) is 16.8. The number of hydrogen-bond acceptors (Lipinski definition) is 3. The molecule has 5 nitrogen and oxygen atoms in total. The highest BCUT2D eigenvalue weighted by Crippen LogP contribution is 2.64. The Morgan fingerprint density at radius 1 is 1.14 bits per heavy atom. The Hall–Kier alpha value is -0.520. The predicted octanol–water partition coefficient (Wildman–Crippen LogP) is 1.63. The molecule has 1 N–H and O–H groups in total. The molecule has 1 saturated heterocycles. The van der Waals surface area contributed by atoms with E-state index in [0.717, 1.165) is 0 Å². The van der Waals surface area contributed by atoms with Crippen molar-refractivity contribution in [3.05, 3.63) is 0 Å². The van der Waals surface area contributed by atoms with E-state index >= 15 is 0 Å². The monoisotopic (exact) mass is 349 g/mol. The van der Waals surface area contributed by atoms with E-state index < -0.39 is 9.75 Å². The lowest BCUT2D eigenvalue weighted by atomic mass is 10.1. The van der Waals surface area contributed by atoms with Crippen LogP contribution in [0.2, 0.25) is 0 Å². The fraction of sp³-hybridized carbons (Fsp3) is 0.867. The van der Waals surface area contributed by atoms with Gasteiger partial charge in [-0.2, -0.15) is 0 Å². The standard InChI is InChI=1S/C15H25Cl2N3O2/c1-13(2,3)18-11(21)9-19-5-7-20(8-6-19)12(22)14(4)10-15(14,16)17/h5-10H2,1-4H3,(H,18,21)/t14-/m0/s1. The van der Waals surface area contributed by atoms with Gasteiger partial charge in [-0.1, -0.05) is 0 Å². The predicted molar refractivity (Wildman–Crippen MR) is 88.1 cm³/mol. The first kappa shape index (κ1) is 17.8. The van der Waals surface area contributed by atoms with Crippen LogP contribution >= 0.6 is 23.2 Å². The average Bonchev–Trinajstić information content (AvgIpc) is 2.87. The summed E-state index contributed by atoms with van der Waals surface area (Å²) in [5, 5.41) is 2.95. The molecular formula is C15H25Cl2N3O2. The highest BCUT2D eigenvalue weighted by atomic mass is 35.5. The Kier molecular flexibility index (Phi) is 4.73. The van der Waals surface area contributed by atoms with Crippen molar-refractivity contribution >= 4 is 35.0 Å². The molecule has 126 valence electrons. The first-order valence-corrected chi connectivity index (χ1v) is 8.41. The summed E-state index contributed by atoms with van der Waals surface area (Å²) in [5.41, 5.74) is -0.874. The maximum absolute atomic E-state index is 12.5. The van der Waals surface area contributed by atoms with E-state index in [1.54, 1.807) is 0 Å². The van der Waals surface area contributed by atoms with Gasteiger partial charge in [0.05, 0.1) is 12.0 Å². The molecule has 22 heavy (non-hydrogen) atoms. The van der Waals surface area contributed by atoms with Crippen molar-refractivity contribution in [2.75, 3.05) is 32.7 Å². The van der Waals surface area contributed by atoms with E-state index in [1.807, 2.05) is 32.6 Å². The molecule has 1 aliphatic heterocycles. The van der Waals surface area contributed by atoms with Crippen molar-refractivity contribution < 1.29 is 9.59 Å². The Bertz CT molecular complexity index is 468. The molecule has 0 bridgehead atoms. The fourth-order valence-electron chi connectivity index (χ4n) is 2.75. The van der Waals surface area contributed by atoms with Crippen LogP contribution in [0.15, 0.2) is 0 Å². The Labute approximate surface area is 142 Å². The first-order chi connectivity index (χ1) is 9.95. The first-order valence-electron chi connectivity index (χ1n) is 7.65. The molecular weight excluding hydrogens is 325 g/mol. The van der Waals surface area contributed by atoms with Gasteiger partial charge in [-0.25, -0.2) is 0 Å². The molecule has 0 aromatic heterocycles. The van der Waals surface area contributed by atoms with E-state index in [4.69, 9.17) is 23.2 Å². The average molecular weight is 350 g/mol. The number of rotatable bonds is 3. The number of nitrogens with zero attached hydrogens (tertiary/aromatic N) is 2. The van der Waals surface area contributed by atoms with E-state index in [-0.39, 0.29) is 17.4 Å². The number of hydrogen-bond donors (Lipinski definition) is 1. The highest BCUT2D eigenvalue weighted by molar-refractivity contribution is 6.53. The van der Waals surface area contributed by atoms with Crippen LogP contribution in [0.25, 0.3) is 0 Å². The van der Waals surface area contributed by atoms with Gasteiger partial charge in [0, 0.05) is 31.7 Å². The van der Waals surface area contributed by atoms with Crippen LogP contribution in [0.3, 0.4) is 0 Å². The Balaban J connectivity index is 1.79. The molecule has 2 aliphatic rings. The van der Waals surface area contributed by atoms with Crippen LogP contribution in [0.4, 0.5) is 0 Å². The second kappa shape index (κ2) is 5.84. The lowest BCUT2D eigenvalue weighted by Gasteiger charge is -2.36. The van der Waals surface area contributed by atoms with Gasteiger partial charge in [-0.15, -0.1) is 23.2 Å². The van der Waals surface area contributed by atoms with Crippen LogP contribution in [0.5, 0.6) is 0 Å². The van der Waals surface area contributed by atoms with E-state index in [2.05, 4.69) is 10.2 Å². The summed E-state index contributed by atoms with van der Waals surface area (Å²) in [6.45, 7) is 10.7. The van der Waals surface area contributed by atoms with Gasteiger partial charge >= 0.3 is 0 Å². The number of amides is 2. The SMILES string of the molecule is CC(C)(C)NC(=O)CN1CCN(C(=O)[C@]2(C)CC2(Cl)Cl)CC1. The van der Waals surface area contributed by atoms with E-state index in [0.29, 0.717) is 39.1 Å². The molecule has 7 heteroatoms. The summed E-state index contributed by atoms with van der Waals surface area (Å²) in [4.78, 5) is 28.3. The van der Waals surface area contributed by atoms with Crippen molar-refractivity contribution in [3.8, 4) is 0 Å². The fourth-order valence-corrected chi connectivity index (χ4v) is 3.45. The lowest BCUT2D eigenvalue weighted by Crippen LogP contribution is -2.54. The lowest BCUT2D eigenvalue weighted by molar-refractivity contribution is -0.138. The molecule has 0 unspecified atom stereocenters. The maximum atomic E-state index is 12.5. The van der Waals surface area contributed by atoms with E-state index in [9.17, 15) is 9.59 Å². The minimum absolute atomic E-state index is 0.0157. The molecule has 2 fully saturated rings. The third kappa shape index (κ3) is 3.87. The summed E-state index contributed by atoms with van der Waals surface area (Å²) in [6, 6.07) is 0. The normalized spacial score (nSPS) is 28.4. The largest absolute Gasteiger partial charge is 0.350 e. The molecule has 1 saturated carbocycles. The third-order valence-electron chi connectivity index (χ3n) is 4.27. The van der Waals surface area contributed by atoms with Gasteiger partial charge in [0.2, 0.25) is 11.8 Å². The third-order valence-corrected chi connectivity index (χ3v) is 5.37. The van der Waals surface area contributed by atoms with Gasteiger partial charge in [0.25, 0.3) is 0 Å². The summed E-state index contributed by atoms with van der Waals surface area (Å²) in [5.74, 6) is 0.0401. The Morgan fingerprint density at radius 2 is 1.64 bits per heavy atom. The summed E-state index contributed by atoms with van der Waals surface area (Å²) in [7, 11) is 0. The second-order valence-corrected chi connectivity index (χ2v) is 9.06. The molecule has 0 radical (unpaired) electrons. The molecule has 0 aromatic rings. The van der Waals surface area contributed by atoms with E-state index in [1.165, 1.54) is 0 Å². The minimum atomic E-state index is -0.923. The van der Waals surface area contributed by atoms with Gasteiger partial charge < -0.3 is 10.2 Å². The van der Waals surface area contributed by atoms with Crippen LogP contribution in [0, 0.1) is 5.41 Å². The smallest absolute Gasteiger partial charge is 0.234 e. The van der Waals surface area contributed by atoms with Crippen molar-refractivity contribution in [3.63, 3.8) is 0 Å². The summed E-state index contributed by atoms with van der Waals surface area (Å²) < 4.78 is -0.923. The summed E-state index contributed by atoms with van der Waals surface area (Å²) >= 11 is 12.2. The number of alkyl halides is 2. The summed E-state index contributed by atoms with van der Waals surface area (Å²) in [6.07, 6.45) is 0.510. The van der Waals surface area contributed by atoms with Crippen molar-refractivity contribution in [1.29, 1.82) is 0 Å². The maximum Gasteiger partial charge on any atom is 0.234 e. The van der Waals surface area contributed by atoms with Gasteiger partial charge in [-0.05, 0) is 34.1 Å². The second-order valence-electron chi connectivity index (χ2n) is 7.58. The van der Waals surface area contributed by atoms with Gasteiger partial charge in [0.15, 0.2) is 0 Å². The van der Waals surface area contributed by atoms with Gasteiger partial charge in [-0.3, -0.25) is 14.5 Å². The van der Waals surface area contributed by atoms with Crippen LogP contribution in [0.1, 0.15) is 34.1 Å². The molecule has 1 aliphatic carbocycles. The quantitative estimate of drug-likeness (QED) is 0.788. The van der Waals surface area contributed by atoms with Crippen LogP contribution in [-0.2, 0) is 9.59 Å². The molecule has 0 aromatic carbocycles. The number of carbonyl (C=O) groups excluding carboxylic acids is 2. The van der Waals surface area contributed by atoms with Crippen LogP contribution < -0.4 is 5.32 Å². The molecule has 0 spiro atoms. The number of nitrogens with one attached hydrogen (secondary N) is 1. The molecule has 2 amide bonds. The molecule has 1 heterocycles. The topological polar surface area (TPSA) is 52.7 Å². The zero-order valence-electron chi connectivity index (χ0n) is 13.7. The molecule has 2 rings (SSSR count). The minimum Gasteiger partial charge on any atom is -0.350 e. The number of halogens is 2. The van der Waals surface area contributed by atoms with Crippen molar-refractivity contribution in [1.82, 2.24) is 15.1 Å². The van der Waals surface area contributed by atoms with Crippen molar-refractivity contribution in [2.24, 2.45) is 5.41 Å². The highest BCUT2D eigenvalue weighted by Gasteiger charge is 2.68.